The highest BCUT2D eigenvalue weighted by Gasteiger charge is 2.53. The normalized spacial score (nSPS) is 29.4. The molecule has 0 bridgehead atoms. The first-order chi connectivity index (χ1) is 42.3. The van der Waals surface area contributed by atoms with E-state index in [1.165, 1.54) is 57.8 Å². The molecule has 3 saturated heterocycles. The maximum Gasteiger partial charge on any atom is 0.220 e. The first-order valence-corrected chi connectivity index (χ1v) is 32.3. The molecule has 0 aliphatic carbocycles. The molecule has 12 N–H and O–H groups in total. The van der Waals surface area contributed by atoms with Crippen LogP contribution in [0.3, 0.4) is 0 Å². The molecule has 17 unspecified atom stereocenters. The van der Waals surface area contributed by atoms with Gasteiger partial charge < -0.3 is 89.9 Å². The van der Waals surface area contributed by atoms with Gasteiger partial charge in [-0.15, -0.1) is 0 Å². The summed E-state index contributed by atoms with van der Waals surface area (Å²) in [5.74, 6) is -0.353. The molecular weight excluding hydrogens is 1120 g/mol. The van der Waals surface area contributed by atoms with Crippen LogP contribution >= 0.6 is 0 Å². The van der Waals surface area contributed by atoms with E-state index in [-0.39, 0.29) is 12.3 Å². The van der Waals surface area contributed by atoms with Crippen LogP contribution in [0.15, 0.2) is 122 Å². The number of ether oxygens (including phenoxy) is 6. The Morgan fingerprint density at radius 2 is 0.805 bits per heavy atom. The standard InChI is InChI=1S/C68H111NO18/c1-3-5-7-9-11-13-15-17-19-21-23-24-25-26-28-30-32-34-36-38-40-42-44-46-56(74)69-51(52(73)45-43-41-39-37-35-33-31-29-27-22-20-18-16-14-12-10-8-6-4-2)50-82-66-62(80)59(77)64(54(48-71)84-66)87-68-63(81)60(78)65(55(49-72)85-68)86-67-61(79)58(76)57(75)53(47-70)83-67/h5,7,11,13,17,19,23-24,26-29,32,34-35,37-38,40,43,45,51-55,57-68,70-73,75-81H,3-4,6,8-10,12,14-16,18,20-22,25,30-31,33,36,39,41-42,44,46-50H2,1-2H3,(H,69,74)/b7-5-,13-11-,19-17-,24-23-,28-26-,29-27+,34-32-,37-35+,40-38-,45-43+. The number of carbonyl (C=O) groups is 1. The summed E-state index contributed by atoms with van der Waals surface area (Å²) in [6.45, 7) is 1.51. The van der Waals surface area contributed by atoms with Crippen molar-refractivity contribution in [2.75, 3.05) is 26.4 Å². The molecule has 0 aromatic rings. The zero-order valence-corrected chi connectivity index (χ0v) is 51.9. The van der Waals surface area contributed by atoms with Crippen LogP contribution in [0.2, 0.25) is 0 Å². The van der Waals surface area contributed by atoms with Gasteiger partial charge in [-0.1, -0.05) is 187 Å². The molecule has 0 saturated carbocycles. The van der Waals surface area contributed by atoms with Gasteiger partial charge in [-0.25, -0.2) is 0 Å². The zero-order chi connectivity index (χ0) is 63.3. The quantitative estimate of drug-likeness (QED) is 0.0211. The van der Waals surface area contributed by atoms with Crippen molar-refractivity contribution in [3.63, 3.8) is 0 Å². The third kappa shape index (κ3) is 31.7. The zero-order valence-electron chi connectivity index (χ0n) is 51.9. The molecule has 3 aliphatic rings. The van der Waals surface area contributed by atoms with Crippen LogP contribution in [-0.4, -0.2) is 193 Å². The highest BCUT2D eigenvalue weighted by molar-refractivity contribution is 5.76. The number of carbonyl (C=O) groups excluding carboxylic acids is 1. The van der Waals surface area contributed by atoms with Gasteiger partial charge in [0.2, 0.25) is 5.91 Å². The Kier molecular flexibility index (Phi) is 43.6. The third-order valence-corrected chi connectivity index (χ3v) is 15.2. The van der Waals surface area contributed by atoms with Crippen LogP contribution in [0.5, 0.6) is 0 Å². The summed E-state index contributed by atoms with van der Waals surface area (Å²) in [6.07, 6.45) is 38.9. The highest BCUT2D eigenvalue weighted by atomic mass is 16.8. The van der Waals surface area contributed by atoms with E-state index in [2.05, 4.69) is 116 Å². The third-order valence-electron chi connectivity index (χ3n) is 15.2. The van der Waals surface area contributed by atoms with Crippen LogP contribution in [0.25, 0.3) is 0 Å². The Balaban J connectivity index is 1.52. The summed E-state index contributed by atoms with van der Waals surface area (Å²) >= 11 is 0. The number of rotatable bonds is 46. The lowest BCUT2D eigenvalue weighted by molar-refractivity contribution is -0.379. The maximum atomic E-state index is 13.3. The number of hydrogen-bond donors (Lipinski definition) is 12. The topological polar surface area (TPSA) is 307 Å². The average Bonchev–Trinajstić information content (AvgIpc) is 2.58. The summed E-state index contributed by atoms with van der Waals surface area (Å²) in [6, 6.07) is -1.04. The van der Waals surface area contributed by atoms with Crippen molar-refractivity contribution in [2.24, 2.45) is 0 Å². The Morgan fingerprint density at radius 3 is 1.29 bits per heavy atom. The van der Waals surface area contributed by atoms with Crippen LogP contribution in [0.4, 0.5) is 0 Å². The van der Waals surface area contributed by atoms with E-state index in [4.69, 9.17) is 28.4 Å². The first kappa shape index (κ1) is 77.4. The van der Waals surface area contributed by atoms with Crippen molar-refractivity contribution in [3.8, 4) is 0 Å². The van der Waals surface area contributed by atoms with Gasteiger partial charge in [0.15, 0.2) is 18.9 Å². The fourth-order valence-electron chi connectivity index (χ4n) is 9.97. The van der Waals surface area contributed by atoms with Gasteiger partial charge in [-0.3, -0.25) is 4.79 Å². The molecule has 0 radical (unpaired) electrons. The second kappa shape index (κ2) is 49.0. The van der Waals surface area contributed by atoms with E-state index in [0.717, 1.165) is 70.6 Å². The molecule has 3 heterocycles. The molecule has 3 aliphatic heterocycles. The van der Waals surface area contributed by atoms with E-state index < -0.39 is 131 Å². The molecule has 87 heavy (non-hydrogen) atoms. The highest BCUT2D eigenvalue weighted by Crippen LogP contribution is 2.33. The largest absolute Gasteiger partial charge is 0.394 e. The number of amides is 1. The molecule has 19 heteroatoms. The molecule has 1 amide bonds. The summed E-state index contributed by atoms with van der Waals surface area (Å²) in [5.41, 5.74) is 0. The molecule has 496 valence electrons. The molecule has 17 atom stereocenters. The molecular formula is C68H111NO18. The van der Waals surface area contributed by atoms with Gasteiger partial charge in [0.05, 0.1) is 38.6 Å². The van der Waals surface area contributed by atoms with Gasteiger partial charge in [0.25, 0.3) is 0 Å². The molecule has 3 rings (SSSR count). The second-order valence-corrected chi connectivity index (χ2v) is 22.5. The lowest BCUT2D eigenvalue weighted by Gasteiger charge is -2.48. The number of nitrogens with one attached hydrogen (secondary N) is 1. The second-order valence-electron chi connectivity index (χ2n) is 22.5. The summed E-state index contributed by atoms with van der Waals surface area (Å²) in [4.78, 5) is 13.3. The van der Waals surface area contributed by atoms with Crippen molar-refractivity contribution < 1.29 is 89.4 Å². The maximum absolute atomic E-state index is 13.3. The molecule has 0 aromatic heterocycles. The fourth-order valence-corrected chi connectivity index (χ4v) is 9.97. The number of allylic oxidation sites excluding steroid dienone is 19. The van der Waals surface area contributed by atoms with Gasteiger partial charge in [0.1, 0.15) is 73.2 Å². The monoisotopic (exact) mass is 1230 g/mol. The van der Waals surface area contributed by atoms with Crippen molar-refractivity contribution in [1.82, 2.24) is 5.32 Å². The summed E-state index contributed by atoms with van der Waals surface area (Å²) in [7, 11) is 0. The van der Waals surface area contributed by atoms with Crippen LogP contribution in [0, 0.1) is 0 Å². The SMILES string of the molecule is CC/C=C\C/C=C\C/C=C\C/C=C\C/C=C\C/C=C\C/C=C\CCCC(=O)NC(COC1OC(CO)C(OC2OC(CO)C(OC3OC(CO)C(O)C(O)C3O)C(O)C2O)C(O)C1O)C(O)/C=C/CC/C=C/CC/C=C/CCCCCCCCCCC. The first-order valence-electron chi connectivity index (χ1n) is 32.3. The fraction of sp³-hybridized carbons (Fsp3) is 0.691. The molecule has 3 fully saturated rings. The van der Waals surface area contributed by atoms with E-state index >= 15 is 0 Å². The number of hydrogen-bond acceptors (Lipinski definition) is 18. The molecule has 0 spiro atoms. The van der Waals surface area contributed by atoms with E-state index in [0.29, 0.717) is 19.3 Å². The van der Waals surface area contributed by atoms with Crippen LogP contribution < -0.4 is 5.32 Å². The van der Waals surface area contributed by atoms with Crippen molar-refractivity contribution in [2.45, 2.75) is 272 Å². The summed E-state index contributed by atoms with van der Waals surface area (Å²) < 4.78 is 34.2. The van der Waals surface area contributed by atoms with E-state index in [9.17, 15) is 61.0 Å². The van der Waals surface area contributed by atoms with Gasteiger partial charge in [-0.05, 0) is 96.3 Å². The molecule has 0 aromatic carbocycles. The lowest BCUT2D eigenvalue weighted by Crippen LogP contribution is -2.66. The van der Waals surface area contributed by atoms with Gasteiger partial charge in [0, 0.05) is 6.42 Å². The Labute approximate surface area is 518 Å². The van der Waals surface area contributed by atoms with E-state index in [1.807, 2.05) is 18.2 Å². The van der Waals surface area contributed by atoms with Crippen molar-refractivity contribution in [1.29, 1.82) is 0 Å². The lowest BCUT2D eigenvalue weighted by atomic mass is 9.96. The Hall–Kier alpha value is -3.81. The number of unbranched alkanes of at least 4 members (excludes halogenated alkanes) is 12. The minimum absolute atomic E-state index is 0.144. The smallest absolute Gasteiger partial charge is 0.220 e. The van der Waals surface area contributed by atoms with Crippen molar-refractivity contribution >= 4 is 5.91 Å². The number of aliphatic hydroxyl groups is 11. The summed E-state index contributed by atoms with van der Waals surface area (Å²) in [5, 5.41) is 120. The Morgan fingerprint density at radius 1 is 0.425 bits per heavy atom. The molecule has 19 nitrogen and oxygen atoms in total. The van der Waals surface area contributed by atoms with Gasteiger partial charge in [-0.2, -0.15) is 0 Å². The van der Waals surface area contributed by atoms with E-state index in [1.54, 1.807) is 6.08 Å². The minimum Gasteiger partial charge on any atom is -0.394 e. The number of aliphatic hydroxyl groups excluding tert-OH is 11. The van der Waals surface area contributed by atoms with Crippen molar-refractivity contribution in [3.05, 3.63) is 122 Å². The predicted molar refractivity (Wildman–Crippen MR) is 336 cm³/mol. The minimum atomic E-state index is -1.99. The van der Waals surface area contributed by atoms with Crippen LogP contribution in [0.1, 0.15) is 168 Å². The Bertz CT molecular complexity index is 2050. The predicted octanol–water partition coefficient (Wildman–Crippen LogP) is 7.26. The average molecular weight is 1230 g/mol. The van der Waals surface area contributed by atoms with Crippen LogP contribution in [-0.2, 0) is 33.2 Å². The van der Waals surface area contributed by atoms with Gasteiger partial charge >= 0.3 is 0 Å².